The number of hydrogen-bond donors (Lipinski definition) is 1. The molecule has 0 atom stereocenters. The molecule has 6 heteroatoms. The molecule has 2 aromatic rings. The molecule has 2 aromatic heterocycles. The number of rotatable bonds is 5. The van der Waals surface area contributed by atoms with E-state index in [-0.39, 0.29) is 0 Å². The number of nitrogens with one attached hydrogen (secondary N) is 1. The molecule has 0 aliphatic rings. The van der Waals surface area contributed by atoms with Gasteiger partial charge in [-0.05, 0) is 32.3 Å². The van der Waals surface area contributed by atoms with Crippen molar-refractivity contribution in [1.82, 2.24) is 25.1 Å². The Morgan fingerprint density at radius 3 is 2.56 bits per heavy atom. The molecular formula is C12H18N6. The maximum atomic E-state index is 4.20. The van der Waals surface area contributed by atoms with Crippen LogP contribution in [0.15, 0.2) is 12.7 Å². The Hall–Kier alpha value is -1.98. The zero-order valence-corrected chi connectivity index (χ0v) is 11.0. The summed E-state index contributed by atoms with van der Waals surface area (Å²) >= 11 is 0. The van der Waals surface area contributed by atoms with E-state index in [9.17, 15) is 0 Å². The van der Waals surface area contributed by atoms with Gasteiger partial charge in [0.05, 0.1) is 5.69 Å². The summed E-state index contributed by atoms with van der Waals surface area (Å²) in [6.45, 7) is 5.01. The van der Waals surface area contributed by atoms with Crippen LogP contribution in [0.5, 0.6) is 0 Å². The highest BCUT2D eigenvalue weighted by Crippen LogP contribution is 2.12. The second-order valence-electron chi connectivity index (χ2n) is 4.38. The van der Waals surface area contributed by atoms with Gasteiger partial charge in [0, 0.05) is 19.3 Å². The number of anilines is 1. The van der Waals surface area contributed by atoms with Crippen molar-refractivity contribution in [3.8, 4) is 0 Å². The van der Waals surface area contributed by atoms with Crippen molar-refractivity contribution in [1.29, 1.82) is 0 Å². The van der Waals surface area contributed by atoms with Crippen LogP contribution >= 0.6 is 0 Å². The van der Waals surface area contributed by atoms with Crippen LogP contribution in [0.3, 0.4) is 0 Å². The van der Waals surface area contributed by atoms with E-state index in [4.69, 9.17) is 0 Å². The average Bonchev–Trinajstić information content (AvgIpc) is 2.71. The van der Waals surface area contributed by atoms with Crippen LogP contribution in [-0.4, -0.2) is 38.7 Å². The molecule has 0 aliphatic carbocycles. The number of aromatic nitrogens is 5. The molecular weight excluding hydrogens is 228 g/mol. The molecule has 2 heterocycles. The van der Waals surface area contributed by atoms with Crippen molar-refractivity contribution < 1.29 is 0 Å². The van der Waals surface area contributed by atoms with Gasteiger partial charge in [-0.2, -0.15) is 5.10 Å². The lowest BCUT2D eigenvalue weighted by atomic mass is 10.1. The molecule has 6 nitrogen and oxygen atoms in total. The third-order valence-electron chi connectivity index (χ3n) is 3.02. The van der Waals surface area contributed by atoms with E-state index < -0.39 is 0 Å². The summed E-state index contributed by atoms with van der Waals surface area (Å²) in [5.41, 5.74) is 3.57. The molecule has 0 aliphatic heterocycles. The van der Waals surface area contributed by atoms with E-state index in [0.717, 1.165) is 30.8 Å². The molecule has 96 valence electrons. The van der Waals surface area contributed by atoms with Crippen LogP contribution in [0.1, 0.15) is 23.4 Å². The normalized spacial score (nSPS) is 10.6. The number of aryl methyl sites for hydroxylation is 2. The lowest BCUT2D eigenvalue weighted by molar-refractivity contribution is 0.757. The molecule has 0 saturated heterocycles. The van der Waals surface area contributed by atoms with Crippen molar-refractivity contribution in [2.45, 2.75) is 26.7 Å². The third-order valence-corrected chi connectivity index (χ3v) is 3.02. The summed E-state index contributed by atoms with van der Waals surface area (Å²) in [7, 11) is 1.99. The van der Waals surface area contributed by atoms with Gasteiger partial charge < -0.3 is 4.90 Å². The second kappa shape index (κ2) is 5.57. The smallest absolute Gasteiger partial charge is 0.228 e. The minimum atomic E-state index is 0.714. The summed E-state index contributed by atoms with van der Waals surface area (Å²) in [6.07, 6.45) is 5.10. The van der Waals surface area contributed by atoms with Crippen LogP contribution in [-0.2, 0) is 6.42 Å². The van der Waals surface area contributed by atoms with Crippen LogP contribution < -0.4 is 4.90 Å². The van der Waals surface area contributed by atoms with Gasteiger partial charge in [0.25, 0.3) is 0 Å². The van der Waals surface area contributed by atoms with Gasteiger partial charge in [0.15, 0.2) is 0 Å². The van der Waals surface area contributed by atoms with Crippen molar-refractivity contribution in [3.63, 3.8) is 0 Å². The van der Waals surface area contributed by atoms with E-state index >= 15 is 0 Å². The topological polar surface area (TPSA) is 70.6 Å². The number of H-pyrrole nitrogens is 1. The lowest BCUT2D eigenvalue weighted by Gasteiger charge is -2.15. The molecule has 0 amide bonds. The van der Waals surface area contributed by atoms with Crippen LogP contribution in [0, 0.1) is 13.8 Å². The monoisotopic (exact) mass is 246 g/mol. The Labute approximate surface area is 106 Å². The number of aromatic amines is 1. The summed E-state index contributed by atoms with van der Waals surface area (Å²) in [5, 5.41) is 7.21. The summed E-state index contributed by atoms with van der Waals surface area (Å²) in [6, 6.07) is 0. The number of hydrogen-bond acceptors (Lipinski definition) is 5. The first-order valence-electron chi connectivity index (χ1n) is 6.02. The predicted octanol–water partition coefficient (Wildman–Crippen LogP) is 1.28. The van der Waals surface area contributed by atoms with E-state index in [1.807, 2.05) is 18.9 Å². The first-order valence-corrected chi connectivity index (χ1v) is 6.02. The van der Waals surface area contributed by atoms with Gasteiger partial charge >= 0.3 is 0 Å². The van der Waals surface area contributed by atoms with E-state index in [2.05, 4.69) is 32.1 Å². The van der Waals surface area contributed by atoms with E-state index in [0.29, 0.717) is 5.95 Å². The van der Waals surface area contributed by atoms with Gasteiger partial charge in [-0.3, -0.25) is 5.10 Å². The Balaban J connectivity index is 1.86. The fourth-order valence-corrected chi connectivity index (χ4v) is 1.97. The predicted molar refractivity (Wildman–Crippen MR) is 69.5 cm³/mol. The molecule has 0 spiro atoms. The van der Waals surface area contributed by atoms with Gasteiger partial charge in [0.2, 0.25) is 5.95 Å². The minimum Gasteiger partial charge on any atom is -0.344 e. The van der Waals surface area contributed by atoms with E-state index in [1.54, 1.807) is 0 Å². The summed E-state index contributed by atoms with van der Waals surface area (Å²) in [5.74, 6) is 0.714. The molecule has 0 bridgehead atoms. The summed E-state index contributed by atoms with van der Waals surface area (Å²) < 4.78 is 0. The zero-order valence-electron chi connectivity index (χ0n) is 11.0. The zero-order chi connectivity index (χ0) is 13.0. The SMILES string of the molecule is Cc1n[nH]c(C)c1CCCN(C)c1ncncn1. The van der Waals surface area contributed by atoms with Gasteiger partial charge in [-0.15, -0.1) is 0 Å². The first-order chi connectivity index (χ1) is 8.68. The van der Waals surface area contributed by atoms with Crippen molar-refractivity contribution >= 4 is 5.95 Å². The molecule has 2 rings (SSSR count). The van der Waals surface area contributed by atoms with Crippen LogP contribution in [0.2, 0.25) is 0 Å². The maximum absolute atomic E-state index is 4.20. The Kier molecular flexibility index (Phi) is 3.86. The molecule has 0 unspecified atom stereocenters. The quantitative estimate of drug-likeness (QED) is 0.860. The largest absolute Gasteiger partial charge is 0.344 e. The number of nitrogens with zero attached hydrogens (tertiary/aromatic N) is 5. The van der Waals surface area contributed by atoms with Crippen molar-refractivity contribution in [3.05, 3.63) is 29.6 Å². The average molecular weight is 246 g/mol. The highest BCUT2D eigenvalue weighted by molar-refractivity contribution is 5.26. The highest BCUT2D eigenvalue weighted by atomic mass is 15.2. The van der Waals surface area contributed by atoms with Gasteiger partial charge in [-0.25, -0.2) is 15.0 Å². The van der Waals surface area contributed by atoms with Crippen molar-refractivity contribution in [2.24, 2.45) is 0 Å². The van der Waals surface area contributed by atoms with E-state index in [1.165, 1.54) is 18.2 Å². The summed E-state index contributed by atoms with van der Waals surface area (Å²) in [4.78, 5) is 14.1. The Morgan fingerprint density at radius 2 is 1.94 bits per heavy atom. The molecule has 0 radical (unpaired) electrons. The van der Waals surface area contributed by atoms with Gasteiger partial charge in [-0.1, -0.05) is 0 Å². The standard InChI is InChI=1S/C12H18N6/c1-9-11(10(2)17-16-9)5-4-6-18(3)12-14-7-13-8-15-12/h7-8H,4-6H2,1-3H3,(H,16,17). The van der Waals surface area contributed by atoms with Crippen LogP contribution in [0.4, 0.5) is 5.95 Å². The fraction of sp³-hybridized carbons (Fsp3) is 0.500. The van der Waals surface area contributed by atoms with Gasteiger partial charge in [0.1, 0.15) is 12.7 Å². The molecule has 0 saturated carbocycles. The third kappa shape index (κ3) is 2.82. The maximum Gasteiger partial charge on any atom is 0.228 e. The first kappa shape index (κ1) is 12.5. The Bertz CT molecular complexity index is 473. The minimum absolute atomic E-state index is 0.714. The van der Waals surface area contributed by atoms with Crippen LogP contribution in [0.25, 0.3) is 0 Å². The Morgan fingerprint density at radius 1 is 1.22 bits per heavy atom. The fourth-order valence-electron chi connectivity index (χ4n) is 1.97. The molecule has 18 heavy (non-hydrogen) atoms. The molecule has 1 N–H and O–H groups in total. The second-order valence-corrected chi connectivity index (χ2v) is 4.38. The van der Waals surface area contributed by atoms with Crippen molar-refractivity contribution in [2.75, 3.05) is 18.5 Å². The highest BCUT2D eigenvalue weighted by Gasteiger charge is 2.07. The molecule has 0 fully saturated rings. The lowest BCUT2D eigenvalue weighted by Crippen LogP contribution is -2.21. The molecule has 0 aromatic carbocycles.